The zero-order chi connectivity index (χ0) is 17.2. The molecule has 0 bridgehead atoms. The Balaban J connectivity index is 1.77. The van der Waals surface area contributed by atoms with E-state index in [1.165, 1.54) is 0 Å². The Morgan fingerprint density at radius 3 is 2.71 bits per heavy atom. The lowest BCUT2D eigenvalue weighted by atomic mass is 9.84. The van der Waals surface area contributed by atoms with E-state index in [4.69, 9.17) is 0 Å². The van der Waals surface area contributed by atoms with Gasteiger partial charge in [-0.1, -0.05) is 50.2 Å². The molecular weight excluding hydrogens is 303 g/mol. The van der Waals surface area contributed by atoms with Crippen LogP contribution in [0.1, 0.15) is 30.5 Å². The maximum Gasteiger partial charge on any atom is 0.230 e. The second kappa shape index (κ2) is 6.73. The molecule has 1 heterocycles. The Labute approximate surface area is 142 Å². The van der Waals surface area contributed by atoms with Crippen molar-refractivity contribution in [2.24, 2.45) is 5.41 Å². The summed E-state index contributed by atoms with van der Waals surface area (Å²) >= 11 is 0. The Bertz CT molecular complexity index is 741. The van der Waals surface area contributed by atoms with Crippen LogP contribution in [0, 0.1) is 11.2 Å². The predicted molar refractivity (Wildman–Crippen MR) is 94.4 cm³/mol. The third kappa shape index (κ3) is 3.49. The quantitative estimate of drug-likeness (QED) is 0.900. The van der Waals surface area contributed by atoms with Crippen molar-refractivity contribution < 1.29 is 9.18 Å². The molecule has 1 aliphatic rings. The van der Waals surface area contributed by atoms with Crippen LogP contribution in [0.25, 0.3) is 0 Å². The Hall–Kier alpha value is -2.20. The van der Waals surface area contributed by atoms with Crippen LogP contribution in [-0.4, -0.2) is 12.5 Å². The predicted octanol–water partition coefficient (Wildman–Crippen LogP) is 3.68. The zero-order valence-electron chi connectivity index (χ0n) is 14.2. The molecule has 0 radical (unpaired) electrons. The van der Waals surface area contributed by atoms with Crippen LogP contribution in [-0.2, 0) is 24.2 Å². The number of carbonyl (C=O) groups excluding carboxylic acids is 1. The molecule has 0 aromatic heterocycles. The van der Waals surface area contributed by atoms with E-state index >= 15 is 0 Å². The molecule has 2 aromatic rings. The van der Waals surface area contributed by atoms with Gasteiger partial charge >= 0.3 is 0 Å². The summed E-state index contributed by atoms with van der Waals surface area (Å²) in [7, 11) is 0. The van der Waals surface area contributed by atoms with Gasteiger partial charge in [-0.2, -0.15) is 0 Å². The molecule has 0 fully saturated rings. The first kappa shape index (κ1) is 16.7. The number of hydrogen-bond acceptors (Lipinski definition) is 2. The lowest BCUT2D eigenvalue weighted by Crippen LogP contribution is -2.33. The average molecular weight is 326 g/mol. The second-order valence-electron chi connectivity index (χ2n) is 6.99. The zero-order valence-corrected chi connectivity index (χ0v) is 14.2. The van der Waals surface area contributed by atoms with Crippen LogP contribution in [0.3, 0.4) is 0 Å². The van der Waals surface area contributed by atoms with Crippen LogP contribution in [0.15, 0.2) is 42.5 Å². The Morgan fingerprint density at radius 1 is 1.21 bits per heavy atom. The summed E-state index contributed by atoms with van der Waals surface area (Å²) in [6, 6.07) is 13.4. The first-order chi connectivity index (χ1) is 11.5. The summed E-state index contributed by atoms with van der Waals surface area (Å²) in [5.41, 5.74) is 2.44. The standard InChI is InChI=1S/C20H23FN2O/c1-20(2,12-14-6-4-3-5-7-14)19(24)23-17-9-8-15-13-22-11-10-16(15)18(17)21/h3-9,22H,10-13H2,1-2H3,(H,23,24). The van der Waals surface area contributed by atoms with Crippen molar-refractivity contribution in [2.75, 3.05) is 11.9 Å². The van der Waals surface area contributed by atoms with Crippen molar-refractivity contribution in [3.63, 3.8) is 0 Å². The number of hydrogen-bond donors (Lipinski definition) is 2. The number of rotatable bonds is 4. The smallest absolute Gasteiger partial charge is 0.230 e. The molecule has 2 N–H and O–H groups in total. The molecule has 2 aromatic carbocycles. The summed E-state index contributed by atoms with van der Waals surface area (Å²) in [4.78, 5) is 12.7. The van der Waals surface area contributed by atoms with Crippen LogP contribution in [0.4, 0.5) is 10.1 Å². The lowest BCUT2D eigenvalue weighted by molar-refractivity contribution is -0.123. The van der Waals surface area contributed by atoms with Crippen LogP contribution in [0.5, 0.6) is 0 Å². The first-order valence-electron chi connectivity index (χ1n) is 8.34. The van der Waals surface area contributed by atoms with Gasteiger partial charge in [0.2, 0.25) is 5.91 Å². The number of anilines is 1. The molecule has 1 amide bonds. The number of nitrogens with one attached hydrogen (secondary N) is 2. The Morgan fingerprint density at radius 2 is 1.96 bits per heavy atom. The van der Waals surface area contributed by atoms with E-state index in [1.54, 1.807) is 6.07 Å². The van der Waals surface area contributed by atoms with E-state index in [0.717, 1.165) is 17.7 Å². The van der Waals surface area contributed by atoms with E-state index in [0.29, 0.717) is 24.9 Å². The first-order valence-corrected chi connectivity index (χ1v) is 8.34. The van der Waals surface area contributed by atoms with Gasteiger partial charge in [0.05, 0.1) is 5.69 Å². The maximum atomic E-state index is 14.7. The van der Waals surface area contributed by atoms with Crippen molar-refractivity contribution in [1.29, 1.82) is 0 Å². The van der Waals surface area contributed by atoms with Crippen LogP contribution >= 0.6 is 0 Å². The maximum absolute atomic E-state index is 14.7. The molecule has 126 valence electrons. The molecular formula is C20H23FN2O. The highest BCUT2D eigenvalue weighted by Gasteiger charge is 2.29. The van der Waals surface area contributed by atoms with Gasteiger partial charge in [0.1, 0.15) is 5.82 Å². The highest BCUT2D eigenvalue weighted by molar-refractivity contribution is 5.95. The number of fused-ring (bicyclic) bond motifs is 1. The van der Waals surface area contributed by atoms with Crippen LogP contribution < -0.4 is 10.6 Å². The fraction of sp³-hybridized carbons (Fsp3) is 0.350. The third-order valence-corrected chi connectivity index (χ3v) is 4.56. The Kier molecular flexibility index (Phi) is 4.67. The van der Waals surface area contributed by atoms with Gasteiger partial charge < -0.3 is 10.6 Å². The van der Waals surface area contributed by atoms with E-state index < -0.39 is 5.41 Å². The molecule has 0 unspecified atom stereocenters. The number of halogens is 1. The summed E-state index contributed by atoms with van der Waals surface area (Å²) in [5.74, 6) is -0.461. The average Bonchev–Trinajstić information content (AvgIpc) is 2.58. The molecule has 0 atom stereocenters. The minimum atomic E-state index is -0.620. The fourth-order valence-electron chi connectivity index (χ4n) is 3.11. The van der Waals surface area contributed by atoms with E-state index in [1.807, 2.05) is 50.2 Å². The normalized spacial score (nSPS) is 14.1. The highest BCUT2D eigenvalue weighted by atomic mass is 19.1. The molecule has 24 heavy (non-hydrogen) atoms. The summed E-state index contributed by atoms with van der Waals surface area (Å²) in [6.07, 6.45) is 1.26. The summed E-state index contributed by atoms with van der Waals surface area (Å²) in [6.45, 7) is 5.21. The van der Waals surface area contributed by atoms with Crippen LogP contribution in [0.2, 0.25) is 0 Å². The summed E-state index contributed by atoms with van der Waals surface area (Å²) in [5, 5.41) is 6.01. The van der Waals surface area contributed by atoms with E-state index in [9.17, 15) is 9.18 Å². The minimum absolute atomic E-state index is 0.167. The van der Waals surface area contributed by atoms with Crippen molar-refractivity contribution >= 4 is 11.6 Å². The largest absolute Gasteiger partial charge is 0.323 e. The van der Waals surface area contributed by atoms with Gasteiger partial charge in [-0.15, -0.1) is 0 Å². The monoisotopic (exact) mass is 326 g/mol. The van der Waals surface area contributed by atoms with Crippen molar-refractivity contribution in [3.05, 3.63) is 65.0 Å². The van der Waals surface area contributed by atoms with Gasteiger partial charge in [0.25, 0.3) is 0 Å². The van der Waals surface area contributed by atoms with E-state index in [2.05, 4.69) is 10.6 Å². The number of carbonyl (C=O) groups is 1. The van der Waals surface area contributed by atoms with Crippen molar-refractivity contribution in [3.8, 4) is 0 Å². The molecule has 1 aliphatic heterocycles. The SMILES string of the molecule is CC(C)(Cc1ccccc1)C(=O)Nc1ccc2c(c1F)CCNC2. The van der Waals surface area contributed by atoms with Gasteiger partial charge in [0.15, 0.2) is 0 Å². The van der Waals surface area contributed by atoms with Gasteiger partial charge in [0, 0.05) is 12.0 Å². The molecule has 3 rings (SSSR count). The molecule has 4 heteroatoms. The van der Waals surface area contributed by atoms with Crippen molar-refractivity contribution in [1.82, 2.24) is 5.32 Å². The fourth-order valence-corrected chi connectivity index (χ4v) is 3.11. The minimum Gasteiger partial charge on any atom is -0.323 e. The van der Waals surface area contributed by atoms with Gasteiger partial charge in [-0.3, -0.25) is 4.79 Å². The molecule has 0 saturated heterocycles. The number of benzene rings is 2. The topological polar surface area (TPSA) is 41.1 Å². The number of amides is 1. The van der Waals surface area contributed by atoms with Crippen molar-refractivity contribution in [2.45, 2.75) is 33.2 Å². The molecule has 0 aliphatic carbocycles. The molecule has 0 spiro atoms. The third-order valence-electron chi connectivity index (χ3n) is 4.56. The lowest BCUT2D eigenvalue weighted by Gasteiger charge is -2.25. The van der Waals surface area contributed by atoms with Gasteiger partial charge in [-0.25, -0.2) is 4.39 Å². The molecule has 3 nitrogen and oxygen atoms in total. The van der Waals surface area contributed by atoms with Gasteiger partial charge in [-0.05, 0) is 42.1 Å². The highest BCUT2D eigenvalue weighted by Crippen LogP contribution is 2.28. The summed E-state index contributed by atoms with van der Waals surface area (Å²) < 4.78 is 14.7. The molecule has 0 saturated carbocycles. The van der Waals surface area contributed by atoms with E-state index in [-0.39, 0.29) is 17.4 Å². The second-order valence-corrected chi connectivity index (χ2v) is 6.99.